The highest BCUT2D eigenvalue weighted by Crippen LogP contribution is 2.27. The second-order valence-corrected chi connectivity index (χ2v) is 5.76. The summed E-state index contributed by atoms with van der Waals surface area (Å²) in [6.07, 6.45) is 5.13. The van der Waals surface area contributed by atoms with E-state index in [2.05, 4.69) is 5.32 Å². The zero-order valence-electron chi connectivity index (χ0n) is 13.4. The van der Waals surface area contributed by atoms with Crippen LogP contribution in [0.25, 0.3) is 0 Å². The Morgan fingerprint density at radius 2 is 2.17 bits per heavy atom. The number of furan rings is 1. The van der Waals surface area contributed by atoms with E-state index in [4.69, 9.17) is 14.3 Å². The second-order valence-electron chi connectivity index (χ2n) is 5.76. The first-order valence-electron chi connectivity index (χ1n) is 7.87. The first-order chi connectivity index (χ1) is 11.6. The molecular formula is C18H19NO5. The number of aryl methyl sites for hydroxylation is 1. The van der Waals surface area contributed by atoms with Crippen molar-refractivity contribution in [1.29, 1.82) is 0 Å². The molecule has 0 saturated heterocycles. The maximum atomic E-state index is 12.2. The number of fused-ring (bicyclic) bond motifs is 1. The zero-order chi connectivity index (χ0) is 17.1. The standard InChI is InChI=1S/C18H19NO5/c1-23-15-9-12(18(21)22)6-5-11(15)7-8-19-17(20)16-14-4-2-3-13(14)10-24-16/h5-6,9-10H,2-4,7-8H2,1H3,(H,19,20)(H,21,22). The minimum atomic E-state index is -1.00. The number of benzene rings is 1. The maximum absolute atomic E-state index is 12.2. The van der Waals surface area contributed by atoms with Gasteiger partial charge in [0, 0.05) is 12.1 Å². The van der Waals surface area contributed by atoms with E-state index >= 15 is 0 Å². The fourth-order valence-corrected chi connectivity index (χ4v) is 3.02. The number of hydrogen-bond donors (Lipinski definition) is 2. The van der Waals surface area contributed by atoms with Gasteiger partial charge < -0.3 is 19.6 Å². The smallest absolute Gasteiger partial charge is 0.335 e. The van der Waals surface area contributed by atoms with Gasteiger partial charge in [-0.1, -0.05) is 6.07 Å². The van der Waals surface area contributed by atoms with Crippen molar-refractivity contribution in [1.82, 2.24) is 5.32 Å². The molecule has 24 heavy (non-hydrogen) atoms. The van der Waals surface area contributed by atoms with Crippen molar-refractivity contribution in [3.05, 3.63) is 52.5 Å². The molecule has 1 amide bonds. The number of carboxylic acids is 1. The monoisotopic (exact) mass is 329 g/mol. The lowest BCUT2D eigenvalue weighted by Crippen LogP contribution is -2.26. The van der Waals surface area contributed by atoms with Gasteiger partial charge in [-0.3, -0.25) is 4.79 Å². The van der Waals surface area contributed by atoms with Crippen molar-refractivity contribution < 1.29 is 23.8 Å². The number of carbonyl (C=O) groups is 2. The topological polar surface area (TPSA) is 88.8 Å². The zero-order valence-corrected chi connectivity index (χ0v) is 13.4. The summed E-state index contributed by atoms with van der Waals surface area (Å²) in [5.41, 5.74) is 3.17. The molecule has 1 aromatic heterocycles. The van der Waals surface area contributed by atoms with Crippen LogP contribution in [0.3, 0.4) is 0 Å². The second kappa shape index (κ2) is 6.78. The van der Waals surface area contributed by atoms with Gasteiger partial charge in [0.2, 0.25) is 0 Å². The molecular weight excluding hydrogens is 310 g/mol. The molecule has 126 valence electrons. The van der Waals surface area contributed by atoms with Crippen LogP contribution in [0, 0.1) is 0 Å². The van der Waals surface area contributed by atoms with Gasteiger partial charge in [0.05, 0.1) is 18.9 Å². The molecule has 0 radical (unpaired) electrons. The van der Waals surface area contributed by atoms with Crippen molar-refractivity contribution in [3.8, 4) is 5.75 Å². The van der Waals surface area contributed by atoms with E-state index in [0.717, 1.165) is 36.0 Å². The van der Waals surface area contributed by atoms with Crippen LogP contribution in [0.5, 0.6) is 5.75 Å². The molecule has 1 heterocycles. The van der Waals surface area contributed by atoms with Crippen molar-refractivity contribution in [2.24, 2.45) is 0 Å². The fraction of sp³-hybridized carbons (Fsp3) is 0.333. The molecule has 0 spiro atoms. The van der Waals surface area contributed by atoms with Gasteiger partial charge in [-0.25, -0.2) is 4.79 Å². The molecule has 0 unspecified atom stereocenters. The van der Waals surface area contributed by atoms with Gasteiger partial charge in [-0.2, -0.15) is 0 Å². The minimum Gasteiger partial charge on any atom is -0.496 e. The van der Waals surface area contributed by atoms with E-state index < -0.39 is 5.97 Å². The SMILES string of the molecule is COc1cc(C(=O)O)ccc1CCNC(=O)c1occ2c1CCC2. The van der Waals surface area contributed by atoms with Crippen LogP contribution in [0.1, 0.15) is 44.0 Å². The van der Waals surface area contributed by atoms with Crippen LogP contribution >= 0.6 is 0 Å². The maximum Gasteiger partial charge on any atom is 0.335 e. The third-order valence-corrected chi connectivity index (χ3v) is 4.27. The Morgan fingerprint density at radius 3 is 2.92 bits per heavy atom. The van der Waals surface area contributed by atoms with Gasteiger partial charge in [0.1, 0.15) is 5.75 Å². The highest BCUT2D eigenvalue weighted by Gasteiger charge is 2.23. The van der Waals surface area contributed by atoms with Crippen molar-refractivity contribution in [2.45, 2.75) is 25.7 Å². The number of methoxy groups -OCH3 is 1. The summed E-state index contributed by atoms with van der Waals surface area (Å²) in [4.78, 5) is 23.2. The van der Waals surface area contributed by atoms with Gasteiger partial charge in [-0.15, -0.1) is 0 Å². The summed E-state index contributed by atoms with van der Waals surface area (Å²) in [5.74, 6) is -0.294. The Hall–Kier alpha value is -2.76. The van der Waals surface area contributed by atoms with E-state index in [0.29, 0.717) is 24.5 Å². The van der Waals surface area contributed by atoms with Crippen molar-refractivity contribution in [2.75, 3.05) is 13.7 Å². The van der Waals surface area contributed by atoms with Crippen LogP contribution in [-0.4, -0.2) is 30.6 Å². The van der Waals surface area contributed by atoms with Crippen LogP contribution in [0.2, 0.25) is 0 Å². The van der Waals surface area contributed by atoms with E-state index in [1.54, 1.807) is 12.3 Å². The molecule has 0 aliphatic heterocycles. The largest absolute Gasteiger partial charge is 0.496 e. The lowest BCUT2D eigenvalue weighted by atomic mass is 10.1. The van der Waals surface area contributed by atoms with E-state index in [-0.39, 0.29) is 11.5 Å². The predicted molar refractivity (Wildman–Crippen MR) is 86.7 cm³/mol. The van der Waals surface area contributed by atoms with Crippen LogP contribution in [0.15, 0.2) is 28.9 Å². The number of carbonyl (C=O) groups excluding carboxylic acids is 1. The Bertz CT molecular complexity index is 778. The van der Waals surface area contributed by atoms with Crippen LogP contribution in [0.4, 0.5) is 0 Å². The van der Waals surface area contributed by atoms with Crippen LogP contribution in [-0.2, 0) is 19.3 Å². The fourth-order valence-electron chi connectivity index (χ4n) is 3.02. The van der Waals surface area contributed by atoms with Gasteiger partial charge >= 0.3 is 5.97 Å². The van der Waals surface area contributed by atoms with Gasteiger partial charge in [0.15, 0.2) is 5.76 Å². The number of hydrogen-bond acceptors (Lipinski definition) is 4. The summed E-state index contributed by atoms with van der Waals surface area (Å²) >= 11 is 0. The average Bonchev–Trinajstić information content (AvgIpc) is 3.17. The minimum absolute atomic E-state index is 0.172. The Balaban J connectivity index is 1.62. The first kappa shape index (κ1) is 16.1. The van der Waals surface area contributed by atoms with Crippen molar-refractivity contribution in [3.63, 3.8) is 0 Å². The first-order valence-corrected chi connectivity index (χ1v) is 7.87. The quantitative estimate of drug-likeness (QED) is 0.850. The van der Waals surface area contributed by atoms with Crippen LogP contribution < -0.4 is 10.1 Å². The van der Waals surface area contributed by atoms with E-state index in [9.17, 15) is 9.59 Å². The Kier molecular flexibility index (Phi) is 4.55. The Labute approximate surface area is 139 Å². The highest BCUT2D eigenvalue weighted by molar-refractivity contribution is 5.93. The molecule has 0 atom stereocenters. The molecule has 2 N–H and O–H groups in total. The molecule has 0 bridgehead atoms. The van der Waals surface area contributed by atoms with Crippen molar-refractivity contribution >= 4 is 11.9 Å². The normalized spacial score (nSPS) is 12.7. The summed E-state index contributed by atoms with van der Waals surface area (Å²) in [6, 6.07) is 4.72. The number of amides is 1. The average molecular weight is 329 g/mol. The van der Waals surface area contributed by atoms with E-state index in [1.807, 2.05) is 0 Å². The summed E-state index contributed by atoms with van der Waals surface area (Å²) in [6.45, 7) is 0.414. The number of ether oxygens (including phenoxy) is 1. The molecule has 1 aromatic carbocycles. The lowest BCUT2D eigenvalue weighted by Gasteiger charge is -2.10. The van der Waals surface area contributed by atoms with Gasteiger partial charge in [0.25, 0.3) is 5.91 Å². The molecule has 1 aliphatic rings. The number of rotatable bonds is 6. The molecule has 6 nitrogen and oxygen atoms in total. The molecule has 0 fully saturated rings. The summed E-state index contributed by atoms with van der Waals surface area (Å²) in [5, 5.41) is 11.9. The molecule has 1 aliphatic carbocycles. The predicted octanol–water partition coefficient (Wildman–Crippen LogP) is 2.45. The summed E-state index contributed by atoms with van der Waals surface area (Å²) in [7, 11) is 1.50. The highest BCUT2D eigenvalue weighted by atomic mass is 16.5. The lowest BCUT2D eigenvalue weighted by molar-refractivity contribution is 0.0696. The van der Waals surface area contributed by atoms with E-state index in [1.165, 1.54) is 19.2 Å². The third-order valence-electron chi connectivity index (χ3n) is 4.27. The van der Waals surface area contributed by atoms with Gasteiger partial charge in [-0.05, 0) is 48.9 Å². The molecule has 2 aromatic rings. The number of nitrogens with one attached hydrogen (secondary N) is 1. The molecule has 6 heteroatoms. The third kappa shape index (κ3) is 3.13. The number of carboxylic acid groups (broad SMARTS) is 1. The number of aromatic carboxylic acids is 1. The molecule has 3 rings (SSSR count). The molecule has 0 saturated carbocycles. The Morgan fingerprint density at radius 1 is 1.33 bits per heavy atom. The summed E-state index contributed by atoms with van der Waals surface area (Å²) < 4.78 is 10.6.